The summed E-state index contributed by atoms with van der Waals surface area (Å²) in [7, 11) is 0. The number of nitrogens with zero attached hydrogens (tertiary/aromatic N) is 2. The molecule has 0 aliphatic carbocycles. The number of rotatable bonds is 34. The molecular weight excluding hydrogens is 747 g/mol. The molecule has 0 saturated carbocycles. The number of benzene rings is 2. The van der Waals surface area contributed by atoms with Crippen molar-refractivity contribution in [3.05, 3.63) is 65.7 Å². The van der Waals surface area contributed by atoms with Gasteiger partial charge in [-0.25, -0.2) is 0 Å². The predicted octanol–water partition coefficient (Wildman–Crippen LogP) is 13.2. The molecule has 0 radical (unpaired) electrons. The van der Waals surface area contributed by atoms with Gasteiger partial charge in [0.2, 0.25) is 0 Å². The first kappa shape index (κ1) is 48.6. The average Bonchev–Trinajstić information content (AvgIpc) is 3.16. The molecular formula is C42H66Cl2N2O9. The molecule has 0 aliphatic rings. The van der Waals surface area contributed by atoms with Gasteiger partial charge in [0.05, 0.1) is 36.3 Å². The number of nitro benzene ring substituents is 2. The van der Waals surface area contributed by atoms with Gasteiger partial charge in [-0.2, -0.15) is 0 Å². The Balaban J connectivity index is 2.60. The predicted molar refractivity (Wildman–Crippen MR) is 222 cm³/mol. The van der Waals surface area contributed by atoms with E-state index in [1.54, 1.807) is 0 Å². The van der Waals surface area contributed by atoms with E-state index in [0.29, 0.717) is 37.6 Å². The highest BCUT2D eigenvalue weighted by molar-refractivity contribution is 6.34. The Hall–Kier alpha value is -2.54. The van der Waals surface area contributed by atoms with Crippen LogP contribution in [0.1, 0.15) is 153 Å². The van der Waals surface area contributed by atoms with Crippen LogP contribution in [-0.4, -0.2) is 62.7 Å². The van der Waals surface area contributed by atoms with Gasteiger partial charge in [-0.1, -0.05) is 128 Å². The molecule has 2 aromatic carbocycles. The van der Waals surface area contributed by atoms with Gasteiger partial charge in [0, 0.05) is 61.5 Å². The molecule has 0 spiro atoms. The summed E-state index contributed by atoms with van der Waals surface area (Å²) in [5.74, 6) is -0.526. The van der Waals surface area contributed by atoms with Crippen LogP contribution >= 0.6 is 23.2 Å². The van der Waals surface area contributed by atoms with Crippen LogP contribution < -0.4 is 4.74 Å². The quantitative estimate of drug-likeness (QED) is 0.0385. The molecule has 0 bridgehead atoms. The summed E-state index contributed by atoms with van der Waals surface area (Å²) in [6, 6.07) is 5.63. The van der Waals surface area contributed by atoms with E-state index < -0.39 is 21.7 Å². The smallest absolute Gasteiger partial charge is 0.288 e. The van der Waals surface area contributed by atoms with E-state index in [0.717, 1.165) is 103 Å². The van der Waals surface area contributed by atoms with Crippen molar-refractivity contribution in [3.8, 4) is 11.5 Å². The van der Waals surface area contributed by atoms with Crippen LogP contribution in [0.3, 0.4) is 0 Å². The first-order valence-electron chi connectivity index (χ1n) is 20.6. The van der Waals surface area contributed by atoms with E-state index >= 15 is 0 Å². The second-order valence-electron chi connectivity index (χ2n) is 14.2. The first-order valence-corrected chi connectivity index (χ1v) is 21.4. The lowest BCUT2D eigenvalue weighted by atomic mass is 9.97. The molecule has 0 heterocycles. The molecule has 0 atom stereocenters. The fourth-order valence-corrected chi connectivity index (χ4v) is 7.08. The minimum Gasteiger partial charge on any atom is -0.457 e. The van der Waals surface area contributed by atoms with Gasteiger partial charge < -0.3 is 23.7 Å². The summed E-state index contributed by atoms with van der Waals surface area (Å²) >= 11 is 13.8. The maximum absolute atomic E-state index is 12.2. The minimum absolute atomic E-state index is 0.0754. The van der Waals surface area contributed by atoms with E-state index in [-0.39, 0.29) is 59.3 Å². The van der Waals surface area contributed by atoms with Gasteiger partial charge >= 0.3 is 0 Å². The Labute approximate surface area is 339 Å². The molecule has 2 rings (SSSR count). The number of nitro groups is 2. The highest BCUT2D eigenvalue weighted by Gasteiger charge is 2.31. The summed E-state index contributed by atoms with van der Waals surface area (Å²) in [6.45, 7) is 11.5. The van der Waals surface area contributed by atoms with Crippen LogP contribution in [0.2, 0.25) is 10.0 Å². The van der Waals surface area contributed by atoms with Crippen LogP contribution in [0, 0.1) is 20.2 Å². The van der Waals surface area contributed by atoms with Crippen molar-refractivity contribution in [2.24, 2.45) is 0 Å². The van der Waals surface area contributed by atoms with Crippen LogP contribution in [0.4, 0.5) is 11.4 Å². The molecule has 55 heavy (non-hydrogen) atoms. The van der Waals surface area contributed by atoms with Gasteiger partial charge in [-0.15, -0.1) is 0 Å². The van der Waals surface area contributed by atoms with Crippen LogP contribution in [0.25, 0.3) is 0 Å². The van der Waals surface area contributed by atoms with Crippen molar-refractivity contribution in [3.63, 3.8) is 0 Å². The Morgan fingerprint density at radius 2 is 0.782 bits per heavy atom. The van der Waals surface area contributed by atoms with Crippen molar-refractivity contribution < 1.29 is 33.5 Å². The minimum atomic E-state index is -0.524. The standard InChI is InChI=1S/C42H66Cl2N2O9/c1-5-9-13-17-25-51-29-33(30-52-26-18-14-10-6-2)39-37(23-21-35(41(39)43)45(47)48)55-38-24-22-36(46(49)50)42(44)40(38)34(31-53-27-19-15-11-7-3)32-54-28-20-16-12-8-4/h21-24,33-34H,5-20,25-32H2,1-4H3. The number of hydrogen-bond acceptors (Lipinski definition) is 9. The summed E-state index contributed by atoms with van der Waals surface area (Å²) in [5, 5.41) is 24.2. The zero-order valence-electron chi connectivity index (χ0n) is 33.8. The van der Waals surface area contributed by atoms with Crippen LogP contribution in [0.15, 0.2) is 24.3 Å². The Kier molecular flexibility index (Phi) is 26.2. The lowest BCUT2D eigenvalue weighted by Crippen LogP contribution is -2.19. The molecule has 0 fully saturated rings. The van der Waals surface area contributed by atoms with E-state index in [1.165, 1.54) is 24.3 Å². The molecule has 0 saturated heterocycles. The average molecular weight is 814 g/mol. The van der Waals surface area contributed by atoms with E-state index in [1.807, 2.05) is 0 Å². The summed E-state index contributed by atoms with van der Waals surface area (Å²) in [5.41, 5.74) is 0.198. The molecule has 0 unspecified atom stereocenters. The maximum Gasteiger partial charge on any atom is 0.288 e. The Bertz CT molecular complexity index is 1250. The number of unbranched alkanes of at least 4 members (excludes halogenated alkanes) is 12. The third-order valence-corrected chi connectivity index (χ3v) is 10.3. The second-order valence-corrected chi connectivity index (χ2v) is 14.9. The lowest BCUT2D eigenvalue weighted by molar-refractivity contribution is -0.384. The summed E-state index contributed by atoms with van der Waals surface area (Å²) < 4.78 is 31.2. The van der Waals surface area contributed by atoms with Crippen LogP contribution in [0.5, 0.6) is 11.5 Å². The molecule has 0 aliphatic heterocycles. The zero-order chi connectivity index (χ0) is 40.3. The van der Waals surface area contributed by atoms with Crippen molar-refractivity contribution in [1.29, 1.82) is 0 Å². The normalized spacial score (nSPS) is 11.6. The van der Waals surface area contributed by atoms with Gasteiger partial charge in [-0.05, 0) is 37.8 Å². The number of ether oxygens (including phenoxy) is 5. The fourth-order valence-electron chi connectivity index (χ4n) is 6.32. The van der Waals surface area contributed by atoms with E-state index in [2.05, 4.69) is 27.7 Å². The van der Waals surface area contributed by atoms with Crippen molar-refractivity contribution in [2.45, 2.75) is 142 Å². The molecule has 13 heteroatoms. The van der Waals surface area contributed by atoms with Crippen molar-refractivity contribution >= 4 is 34.6 Å². The second kappa shape index (κ2) is 29.7. The van der Waals surface area contributed by atoms with Gasteiger partial charge in [0.15, 0.2) is 0 Å². The first-order chi connectivity index (χ1) is 26.7. The molecule has 0 amide bonds. The summed E-state index contributed by atoms with van der Waals surface area (Å²) in [6.07, 6.45) is 16.5. The van der Waals surface area contributed by atoms with E-state index in [4.69, 9.17) is 46.9 Å². The van der Waals surface area contributed by atoms with Crippen molar-refractivity contribution in [2.75, 3.05) is 52.9 Å². The van der Waals surface area contributed by atoms with Crippen molar-refractivity contribution in [1.82, 2.24) is 0 Å². The fraction of sp³-hybridized carbons (Fsp3) is 0.714. The third-order valence-electron chi connectivity index (χ3n) is 9.51. The molecule has 0 N–H and O–H groups in total. The highest BCUT2D eigenvalue weighted by Crippen LogP contribution is 2.46. The highest BCUT2D eigenvalue weighted by atomic mass is 35.5. The van der Waals surface area contributed by atoms with Gasteiger partial charge in [-0.3, -0.25) is 20.2 Å². The SMILES string of the molecule is CCCCCCOCC(COCCCCCC)c1c(Oc2ccc([N+](=O)[O-])c(Cl)c2C(COCCCCCC)COCCCCCC)ccc([N+](=O)[O-])c1Cl. The summed E-state index contributed by atoms with van der Waals surface area (Å²) in [4.78, 5) is 23.3. The lowest BCUT2D eigenvalue weighted by Gasteiger charge is -2.25. The Morgan fingerprint density at radius 3 is 1.04 bits per heavy atom. The van der Waals surface area contributed by atoms with Gasteiger partial charge in [0.1, 0.15) is 21.5 Å². The zero-order valence-corrected chi connectivity index (χ0v) is 35.3. The molecule has 2 aromatic rings. The number of halogens is 2. The topological polar surface area (TPSA) is 132 Å². The van der Waals surface area contributed by atoms with E-state index in [9.17, 15) is 20.2 Å². The largest absolute Gasteiger partial charge is 0.457 e. The molecule has 0 aromatic heterocycles. The molecule has 312 valence electrons. The third kappa shape index (κ3) is 18.1. The van der Waals surface area contributed by atoms with Gasteiger partial charge in [0.25, 0.3) is 11.4 Å². The number of hydrogen-bond donors (Lipinski definition) is 0. The monoisotopic (exact) mass is 812 g/mol. The maximum atomic E-state index is 12.2. The Morgan fingerprint density at radius 1 is 0.491 bits per heavy atom. The molecule has 11 nitrogen and oxygen atoms in total. The van der Waals surface area contributed by atoms with Crippen LogP contribution in [-0.2, 0) is 18.9 Å².